The van der Waals surface area contributed by atoms with E-state index in [4.69, 9.17) is 0 Å². The number of aromatic nitrogens is 2. The van der Waals surface area contributed by atoms with E-state index >= 15 is 0 Å². The van der Waals surface area contributed by atoms with Crippen molar-refractivity contribution < 1.29 is 18.8 Å². The summed E-state index contributed by atoms with van der Waals surface area (Å²) in [5.41, 5.74) is -0.550. The van der Waals surface area contributed by atoms with E-state index in [0.29, 0.717) is 15.7 Å². The van der Waals surface area contributed by atoms with E-state index in [1.807, 2.05) is 0 Å². The average molecular weight is 330 g/mol. The van der Waals surface area contributed by atoms with E-state index in [9.17, 15) is 23.6 Å². The molecular weight excluding hydrogens is 318 g/mol. The second-order valence-electron chi connectivity index (χ2n) is 5.26. The zero-order valence-corrected chi connectivity index (χ0v) is 12.4. The number of halogens is 2. The minimum Gasteiger partial charge on any atom is -0.423 e. The summed E-state index contributed by atoms with van der Waals surface area (Å²) in [7, 11) is 0. The van der Waals surface area contributed by atoms with Gasteiger partial charge in [0.2, 0.25) is 0 Å². The summed E-state index contributed by atoms with van der Waals surface area (Å²) >= 11 is 0. The zero-order chi connectivity index (χ0) is 17.3. The summed E-state index contributed by atoms with van der Waals surface area (Å²) in [4.78, 5) is 28.2. The Morgan fingerprint density at radius 2 is 1.96 bits per heavy atom. The number of ketones is 1. The Hall–Kier alpha value is -3.09. The Kier molecular flexibility index (Phi) is 4.07. The first-order valence-corrected chi connectivity index (χ1v) is 7.14. The van der Waals surface area contributed by atoms with Gasteiger partial charge in [0.25, 0.3) is 5.56 Å². The highest BCUT2D eigenvalue weighted by atomic mass is 19.2. The monoisotopic (exact) mass is 330 g/mol. The summed E-state index contributed by atoms with van der Waals surface area (Å²) in [5, 5.41) is 10.3. The van der Waals surface area contributed by atoms with Crippen molar-refractivity contribution >= 4 is 16.8 Å². The molecule has 0 spiro atoms. The number of benzene rings is 1. The molecule has 0 aliphatic heterocycles. The summed E-state index contributed by atoms with van der Waals surface area (Å²) in [5.74, 6) is -2.46. The van der Waals surface area contributed by atoms with E-state index in [1.54, 1.807) is 12.1 Å². The van der Waals surface area contributed by atoms with E-state index < -0.39 is 23.0 Å². The van der Waals surface area contributed by atoms with Gasteiger partial charge in [-0.15, -0.1) is 4.73 Å². The Bertz CT molecular complexity index is 999. The first-order chi connectivity index (χ1) is 11.5. The minimum absolute atomic E-state index is 0.0552. The molecular formula is C17H12F2N2O3. The lowest BCUT2D eigenvalue weighted by Crippen LogP contribution is -2.25. The second kappa shape index (κ2) is 6.19. The number of hydrogen-bond acceptors (Lipinski definition) is 4. The number of Topliss-reactive ketones (excluding diaryl/α,β-unsaturated/α-hetero) is 1. The molecule has 0 atom stereocenters. The minimum atomic E-state index is -0.991. The number of hydrogen-bond donors (Lipinski definition) is 1. The number of rotatable bonds is 4. The topological polar surface area (TPSA) is 72.2 Å². The molecule has 122 valence electrons. The van der Waals surface area contributed by atoms with Crippen LogP contribution < -0.4 is 5.56 Å². The van der Waals surface area contributed by atoms with Gasteiger partial charge in [-0.25, -0.2) is 13.8 Å². The molecule has 0 fully saturated rings. The van der Waals surface area contributed by atoms with Crippen molar-refractivity contribution in [1.29, 1.82) is 0 Å². The third-order valence-electron chi connectivity index (χ3n) is 3.67. The van der Waals surface area contributed by atoms with Crippen LogP contribution in [0.4, 0.5) is 8.78 Å². The molecule has 7 heteroatoms. The maximum atomic E-state index is 13.2. The molecule has 1 N–H and O–H groups in total. The number of nitrogens with zero attached hydrogens (tertiary/aromatic N) is 2. The number of carbonyl (C=O) groups is 1. The van der Waals surface area contributed by atoms with Gasteiger partial charge in [-0.05, 0) is 42.3 Å². The highest BCUT2D eigenvalue weighted by Crippen LogP contribution is 2.14. The Labute approximate surface area is 134 Å². The molecule has 0 amide bonds. The van der Waals surface area contributed by atoms with Crippen molar-refractivity contribution in [3.05, 3.63) is 75.7 Å². The quantitative estimate of drug-likeness (QED) is 0.590. The molecule has 1 aromatic carbocycles. The molecule has 3 aromatic rings. The van der Waals surface area contributed by atoms with Crippen molar-refractivity contribution in [3.63, 3.8) is 0 Å². The Morgan fingerprint density at radius 1 is 1.17 bits per heavy atom. The Balaban J connectivity index is 1.87. The fraction of sp³-hybridized carbons (Fsp3) is 0.118. The van der Waals surface area contributed by atoms with Gasteiger partial charge in [0.05, 0.1) is 5.56 Å². The van der Waals surface area contributed by atoms with Crippen molar-refractivity contribution in [3.8, 4) is 0 Å². The molecule has 0 bridgehead atoms. The van der Waals surface area contributed by atoms with Gasteiger partial charge in [0, 0.05) is 18.0 Å². The standard InChI is InChI=1S/C17H12F2N2O3/c18-13-5-3-10(8-14(13)19)4-6-15(22)12-9-11-2-1-7-20-16(11)21(24)17(12)23/h1-3,5,7-9,24H,4,6H2. The molecule has 2 aromatic heterocycles. The molecule has 0 aliphatic rings. The van der Waals surface area contributed by atoms with Gasteiger partial charge in [0.1, 0.15) is 0 Å². The molecule has 5 nitrogen and oxygen atoms in total. The molecule has 0 saturated carbocycles. The van der Waals surface area contributed by atoms with Crippen LogP contribution in [0.3, 0.4) is 0 Å². The van der Waals surface area contributed by atoms with Gasteiger partial charge in [-0.2, -0.15) is 0 Å². The van der Waals surface area contributed by atoms with Crippen LogP contribution in [0, 0.1) is 11.6 Å². The molecule has 0 radical (unpaired) electrons. The maximum absolute atomic E-state index is 13.2. The van der Waals surface area contributed by atoms with E-state index in [0.717, 1.165) is 12.1 Å². The van der Waals surface area contributed by atoms with Crippen LogP contribution in [0.15, 0.2) is 47.4 Å². The molecule has 3 rings (SSSR count). The maximum Gasteiger partial charge on any atom is 0.295 e. The third kappa shape index (κ3) is 2.88. The van der Waals surface area contributed by atoms with Crippen molar-refractivity contribution in [2.75, 3.05) is 0 Å². The van der Waals surface area contributed by atoms with Crippen LogP contribution in [-0.4, -0.2) is 20.7 Å². The molecule has 0 saturated heterocycles. The van der Waals surface area contributed by atoms with Crippen molar-refractivity contribution in [2.24, 2.45) is 0 Å². The molecule has 0 unspecified atom stereocenters. The summed E-state index contributed by atoms with van der Waals surface area (Å²) in [6, 6.07) is 7.96. The number of pyridine rings is 2. The van der Waals surface area contributed by atoms with Crippen LogP contribution >= 0.6 is 0 Å². The summed E-state index contributed by atoms with van der Waals surface area (Å²) < 4.78 is 26.4. The predicted molar refractivity (Wildman–Crippen MR) is 82.2 cm³/mol. The van der Waals surface area contributed by atoms with Crippen LogP contribution in [-0.2, 0) is 6.42 Å². The van der Waals surface area contributed by atoms with Gasteiger partial charge < -0.3 is 5.21 Å². The summed E-state index contributed by atoms with van der Waals surface area (Å²) in [6.07, 6.45) is 1.48. The van der Waals surface area contributed by atoms with Crippen LogP contribution in [0.25, 0.3) is 11.0 Å². The second-order valence-corrected chi connectivity index (χ2v) is 5.26. The third-order valence-corrected chi connectivity index (χ3v) is 3.67. The van der Waals surface area contributed by atoms with Crippen LogP contribution in [0.2, 0.25) is 0 Å². The normalized spacial score (nSPS) is 10.9. The van der Waals surface area contributed by atoms with E-state index in [-0.39, 0.29) is 24.1 Å². The lowest BCUT2D eigenvalue weighted by molar-refractivity contribution is 0.0975. The van der Waals surface area contributed by atoms with Crippen molar-refractivity contribution in [2.45, 2.75) is 12.8 Å². The number of aryl methyl sites for hydroxylation is 1. The highest BCUT2D eigenvalue weighted by Gasteiger charge is 2.16. The average Bonchev–Trinajstić information content (AvgIpc) is 2.59. The van der Waals surface area contributed by atoms with Gasteiger partial charge >= 0.3 is 0 Å². The molecule has 0 aliphatic carbocycles. The first kappa shape index (κ1) is 15.8. The van der Waals surface area contributed by atoms with E-state index in [2.05, 4.69) is 4.98 Å². The fourth-order valence-electron chi connectivity index (χ4n) is 2.41. The SMILES string of the molecule is O=C(CCc1ccc(F)c(F)c1)c1cc2cccnc2n(O)c1=O. The molecule has 24 heavy (non-hydrogen) atoms. The van der Waals surface area contributed by atoms with E-state index in [1.165, 1.54) is 18.3 Å². The van der Waals surface area contributed by atoms with Gasteiger partial charge in [-0.3, -0.25) is 9.59 Å². The lowest BCUT2D eigenvalue weighted by atomic mass is 10.0. The van der Waals surface area contributed by atoms with Crippen LogP contribution in [0.1, 0.15) is 22.3 Å². The predicted octanol–water partition coefficient (Wildman–Crippen LogP) is 2.73. The van der Waals surface area contributed by atoms with Crippen molar-refractivity contribution in [1.82, 2.24) is 9.71 Å². The number of carbonyl (C=O) groups excluding carboxylic acids is 1. The lowest BCUT2D eigenvalue weighted by Gasteiger charge is -2.06. The zero-order valence-electron chi connectivity index (χ0n) is 12.4. The van der Waals surface area contributed by atoms with Gasteiger partial charge in [-0.1, -0.05) is 6.07 Å². The molecule has 2 heterocycles. The fourth-order valence-corrected chi connectivity index (χ4v) is 2.41. The number of fused-ring (bicyclic) bond motifs is 1. The summed E-state index contributed by atoms with van der Waals surface area (Å²) in [6.45, 7) is 0. The van der Waals surface area contributed by atoms with Gasteiger partial charge in [0.15, 0.2) is 23.1 Å². The van der Waals surface area contributed by atoms with Crippen LogP contribution in [0.5, 0.6) is 0 Å². The Morgan fingerprint density at radius 3 is 2.71 bits per heavy atom. The largest absolute Gasteiger partial charge is 0.423 e. The smallest absolute Gasteiger partial charge is 0.295 e. The first-order valence-electron chi connectivity index (χ1n) is 7.14. The highest BCUT2D eigenvalue weighted by molar-refractivity contribution is 5.98.